The number of hydrogen-bond acceptors (Lipinski definition) is 4. The molecule has 0 atom stereocenters. The highest BCUT2D eigenvalue weighted by Crippen LogP contribution is 2.25. The molecule has 18 heavy (non-hydrogen) atoms. The Morgan fingerprint density at radius 2 is 2.11 bits per heavy atom. The Morgan fingerprint density at radius 3 is 2.83 bits per heavy atom. The third-order valence-corrected chi connectivity index (χ3v) is 3.29. The monoisotopic (exact) mass is 262 g/mol. The summed E-state index contributed by atoms with van der Waals surface area (Å²) >= 11 is 5.71. The van der Waals surface area contributed by atoms with Crippen molar-refractivity contribution < 1.29 is 4.79 Å². The summed E-state index contributed by atoms with van der Waals surface area (Å²) in [5, 5.41) is 12.5. The van der Waals surface area contributed by atoms with Crippen molar-refractivity contribution in [2.75, 3.05) is 0 Å². The van der Waals surface area contributed by atoms with Crippen molar-refractivity contribution in [2.24, 2.45) is 0 Å². The van der Waals surface area contributed by atoms with E-state index in [4.69, 9.17) is 11.6 Å². The van der Waals surface area contributed by atoms with Crippen LogP contribution in [-0.2, 0) is 6.42 Å². The Hall–Kier alpha value is -1.75. The third kappa shape index (κ3) is 1.71. The predicted octanol–water partition coefficient (Wildman–Crippen LogP) is 2.14. The molecule has 6 heteroatoms. The lowest BCUT2D eigenvalue weighted by molar-refractivity contribution is 0.0971. The van der Waals surface area contributed by atoms with Gasteiger partial charge in [-0.1, -0.05) is 11.6 Å². The average Bonchev–Trinajstić information content (AvgIpc) is 2.69. The van der Waals surface area contributed by atoms with Crippen LogP contribution in [0.15, 0.2) is 12.1 Å². The number of aryl methyl sites for hydroxylation is 1. The van der Waals surface area contributed by atoms with Crippen molar-refractivity contribution in [1.29, 1.82) is 0 Å². The van der Waals surface area contributed by atoms with Crippen molar-refractivity contribution in [3.05, 3.63) is 34.2 Å². The van der Waals surface area contributed by atoms with E-state index in [0.29, 0.717) is 17.4 Å². The van der Waals surface area contributed by atoms with E-state index in [2.05, 4.69) is 15.3 Å². The summed E-state index contributed by atoms with van der Waals surface area (Å²) in [4.78, 5) is 11.9. The summed E-state index contributed by atoms with van der Waals surface area (Å²) in [6, 6.07) is 3.42. The van der Waals surface area contributed by atoms with Gasteiger partial charge in [-0.25, -0.2) is 4.68 Å². The number of fused-ring (bicyclic) bond motifs is 1. The van der Waals surface area contributed by atoms with E-state index < -0.39 is 0 Å². The van der Waals surface area contributed by atoms with Crippen LogP contribution in [0.1, 0.15) is 34.6 Å². The molecule has 0 spiro atoms. The van der Waals surface area contributed by atoms with E-state index in [-0.39, 0.29) is 5.78 Å². The number of Topliss-reactive ketones (excluding diaryl/α,β-unsaturated/α-hetero) is 1. The molecule has 0 saturated heterocycles. The smallest absolute Gasteiger partial charge is 0.176 e. The minimum atomic E-state index is 0.168. The molecule has 0 amide bonds. The van der Waals surface area contributed by atoms with Crippen LogP contribution < -0.4 is 0 Å². The van der Waals surface area contributed by atoms with Gasteiger partial charge in [-0.3, -0.25) is 4.79 Å². The second kappa shape index (κ2) is 4.17. The first-order valence-electron chi connectivity index (χ1n) is 5.78. The number of rotatable bonds is 1. The van der Waals surface area contributed by atoms with E-state index in [1.807, 2.05) is 6.92 Å². The summed E-state index contributed by atoms with van der Waals surface area (Å²) < 4.78 is 1.70. The molecule has 2 heterocycles. The highest BCUT2D eigenvalue weighted by Gasteiger charge is 2.25. The third-order valence-electron chi connectivity index (χ3n) is 3.09. The second-order valence-corrected chi connectivity index (χ2v) is 4.70. The molecule has 3 rings (SSSR count). The molecule has 2 aromatic heterocycles. The van der Waals surface area contributed by atoms with Crippen LogP contribution in [0.25, 0.3) is 5.82 Å². The molecule has 1 aliphatic rings. The molecule has 0 unspecified atom stereocenters. The van der Waals surface area contributed by atoms with Crippen LogP contribution in [-0.4, -0.2) is 25.8 Å². The highest BCUT2D eigenvalue weighted by atomic mass is 35.5. The molecule has 0 N–H and O–H groups in total. The lowest BCUT2D eigenvalue weighted by Gasteiger charge is -2.12. The Balaban J connectivity index is 2.16. The minimum absolute atomic E-state index is 0.168. The van der Waals surface area contributed by atoms with E-state index in [9.17, 15) is 4.79 Å². The first-order chi connectivity index (χ1) is 8.66. The molecule has 0 fully saturated rings. The molecular formula is C12H11ClN4O. The molecule has 5 nitrogen and oxygen atoms in total. The Morgan fingerprint density at radius 1 is 1.28 bits per heavy atom. The molecule has 1 aliphatic carbocycles. The van der Waals surface area contributed by atoms with Gasteiger partial charge in [0.05, 0.1) is 17.0 Å². The fourth-order valence-electron chi connectivity index (χ4n) is 2.32. The van der Waals surface area contributed by atoms with Gasteiger partial charge in [0.15, 0.2) is 16.8 Å². The van der Waals surface area contributed by atoms with Crippen LogP contribution in [0.5, 0.6) is 0 Å². The maximum absolute atomic E-state index is 11.9. The van der Waals surface area contributed by atoms with Crippen LogP contribution in [0, 0.1) is 6.92 Å². The number of carbonyl (C=O) groups is 1. The summed E-state index contributed by atoms with van der Waals surface area (Å²) in [6.07, 6.45) is 2.30. The van der Waals surface area contributed by atoms with E-state index >= 15 is 0 Å². The highest BCUT2D eigenvalue weighted by molar-refractivity contribution is 6.29. The normalized spacial score (nSPS) is 14.7. The van der Waals surface area contributed by atoms with Gasteiger partial charge in [0.2, 0.25) is 0 Å². The molecule has 0 saturated carbocycles. The number of hydrogen-bond donors (Lipinski definition) is 0. The van der Waals surface area contributed by atoms with Crippen molar-refractivity contribution >= 4 is 17.4 Å². The molecule has 0 aliphatic heterocycles. The molecule has 0 radical (unpaired) electrons. The minimum Gasteiger partial charge on any atom is -0.294 e. The fraction of sp³-hybridized carbons (Fsp3) is 0.333. The summed E-state index contributed by atoms with van der Waals surface area (Å²) in [7, 11) is 0. The number of ketones is 1. The Labute approximate surface area is 109 Å². The summed E-state index contributed by atoms with van der Waals surface area (Å²) in [6.45, 7) is 1.85. The Bertz CT molecular complexity index is 618. The summed E-state index contributed by atoms with van der Waals surface area (Å²) in [5.74, 6) is 0.764. The molecular weight excluding hydrogens is 252 g/mol. The van der Waals surface area contributed by atoms with Gasteiger partial charge in [0, 0.05) is 6.42 Å². The molecule has 0 bridgehead atoms. The van der Waals surface area contributed by atoms with E-state index in [1.54, 1.807) is 16.8 Å². The van der Waals surface area contributed by atoms with E-state index in [0.717, 1.165) is 29.8 Å². The zero-order chi connectivity index (χ0) is 12.7. The maximum Gasteiger partial charge on any atom is 0.176 e. The van der Waals surface area contributed by atoms with Gasteiger partial charge in [-0.2, -0.15) is 5.10 Å². The van der Waals surface area contributed by atoms with Gasteiger partial charge >= 0.3 is 0 Å². The maximum atomic E-state index is 11.9. The van der Waals surface area contributed by atoms with Crippen LogP contribution in [0.3, 0.4) is 0 Å². The average molecular weight is 263 g/mol. The predicted molar refractivity (Wildman–Crippen MR) is 66.2 cm³/mol. The first-order valence-corrected chi connectivity index (χ1v) is 6.16. The SMILES string of the molecule is Cc1nn(-c2ccc(Cl)nn2)c2c1C(=O)CCC2. The fourth-order valence-corrected chi connectivity index (χ4v) is 2.42. The zero-order valence-electron chi connectivity index (χ0n) is 9.85. The lowest BCUT2D eigenvalue weighted by Crippen LogP contribution is -2.14. The van der Waals surface area contributed by atoms with Crippen molar-refractivity contribution in [1.82, 2.24) is 20.0 Å². The van der Waals surface area contributed by atoms with Gasteiger partial charge in [0.1, 0.15) is 0 Å². The lowest BCUT2D eigenvalue weighted by atomic mass is 9.95. The Kier molecular flexibility index (Phi) is 2.63. The van der Waals surface area contributed by atoms with Crippen molar-refractivity contribution in [3.8, 4) is 5.82 Å². The number of nitrogens with zero attached hydrogens (tertiary/aromatic N) is 4. The van der Waals surface area contributed by atoms with Crippen molar-refractivity contribution in [3.63, 3.8) is 0 Å². The zero-order valence-corrected chi connectivity index (χ0v) is 10.6. The van der Waals surface area contributed by atoms with Crippen LogP contribution in [0.2, 0.25) is 5.15 Å². The van der Waals surface area contributed by atoms with Gasteiger partial charge in [0.25, 0.3) is 0 Å². The van der Waals surface area contributed by atoms with Crippen molar-refractivity contribution in [2.45, 2.75) is 26.2 Å². The molecule has 92 valence electrons. The summed E-state index contributed by atoms with van der Waals surface area (Å²) in [5.41, 5.74) is 2.44. The molecule has 0 aromatic carbocycles. The number of aromatic nitrogens is 4. The second-order valence-electron chi connectivity index (χ2n) is 4.31. The largest absolute Gasteiger partial charge is 0.294 e. The first kappa shape index (κ1) is 11.3. The van der Waals surface area contributed by atoms with E-state index in [1.165, 1.54) is 0 Å². The van der Waals surface area contributed by atoms with Gasteiger partial charge < -0.3 is 0 Å². The quantitative estimate of drug-likeness (QED) is 0.790. The number of halogens is 1. The van der Waals surface area contributed by atoms with Gasteiger partial charge in [-0.15, -0.1) is 10.2 Å². The van der Waals surface area contributed by atoms with Crippen LogP contribution >= 0.6 is 11.6 Å². The molecule has 2 aromatic rings. The topological polar surface area (TPSA) is 60.7 Å². The standard InChI is InChI=1S/C12H11ClN4O/c1-7-12-8(3-2-4-9(12)18)17(16-7)11-6-5-10(13)14-15-11/h5-6H,2-4H2,1H3. The van der Waals surface area contributed by atoms with Gasteiger partial charge in [-0.05, 0) is 31.9 Å². The van der Waals surface area contributed by atoms with Crippen LogP contribution in [0.4, 0.5) is 0 Å². The number of carbonyl (C=O) groups excluding carboxylic acids is 1.